The number of anilines is 1. The molecule has 6 heteroatoms. The van der Waals surface area contributed by atoms with Crippen molar-refractivity contribution in [2.75, 3.05) is 12.1 Å². The van der Waals surface area contributed by atoms with Gasteiger partial charge in [-0.2, -0.15) is 10.1 Å². The van der Waals surface area contributed by atoms with Gasteiger partial charge in [0.15, 0.2) is 5.78 Å². The van der Waals surface area contributed by atoms with Crippen molar-refractivity contribution in [3.05, 3.63) is 95.8 Å². The van der Waals surface area contributed by atoms with Gasteiger partial charge < -0.3 is 4.74 Å². The number of Topliss-reactive ketones (excluding diaryl/α,β-unsaturated/α-hetero) is 1. The fourth-order valence-corrected chi connectivity index (χ4v) is 3.27. The lowest BCUT2D eigenvalue weighted by atomic mass is 9.89. The highest BCUT2D eigenvalue weighted by Gasteiger charge is 2.43. The van der Waals surface area contributed by atoms with E-state index in [9.17, 15) is 14.0 Å². The molecule has 3 aromatic rings. The molecule has 0 radical (unpaired) electrons. The Morgan fingerprint density at radius 2 is 1.72 bits per heavy atom. The molecule has 0 spiro atoms. The van der Waals surface area contributed by atoms with Crippen LogP contribution in [0.3, 0.4) is 0 Å². The van der Waals surface area contributed by atoms with Gasteiger partial charge in [0.2, 0.25) is 0 Å². The topological polar surface area (TPSA) is 59.0 Å². The summed E-state index contributed by atoms with van der Waals surface area (Å²) >= 11 is 0. The number of carbonyl (C=O) groups is 2. The van der Waals surface area contributed by atoms with Crippen LogP contribution >= 0.6 is 0 Å². The summed E-state index contributed by atoms with van der Waals surface area (Å²) in [6.07, 6.45) is 0. The zero-order valence-corrected chi connectivity index (χ0v) is 15.6. The number of hydrogen-bond acceptors (Lipinski definition) is 4. The molecular weight excluding hydrogens is 371 g/mol. The van der Waals surface area contributed by atoms with Crippen LogP contribution in [0.25, 0.3) is 0 Å². The lowest BCUT2D eigenvalue weighted by molar-refractivity contribution is -0.118. The lowest BCUT2D eigenvalue weighted by Gasteiger charge is -2.14. The summed E-state index contributed by atoms with van der Waals surface area (Å²) in [7, 11) is 1.53. The molecule has 4 rings (SSSR count). The molecule has 0 aromatic heterocycles. The molecule has 0 fully saturated rings. The summed E-state index contributed by atoms with van der Waals surface area (Å²) in [5.74, 6) is -2.52. The number of amides is 1. The number of halogens is 1. The van der Waals surface area contributed by atoms with Crippen LogP contribution in [0.1, 0.15) is 15.9 Å². The molecule has 3 aromatic carbocycles. The first-order chi connectivity index (χ1) is 14.1. The van der Waals surface area contributed by atoms with Gasteiger partial charge in [-0.25, -0.2) is 4.39 Å². The van der Waals surface area contributed by atoms with Crippen molar-refractivity contribution in [1.29, 1.82) is 0 Å². The lowest BCUT2D eigenvalue weighted by Crippen LogP contribution is -2.34. The van der Waals surface area contributed by atoms with Gasteiger partial charge >= 0.3 is 0 Å². The monoisotopic (exact) mass is 388 g/mol. The van der Waals surface area contributed by atoms with Crippen LogP contribution in [-0.2, 0) is 4.79 Å². The van der Waals surface area contributed by atoms with Crippen molar-refractivity contribution in [3.63, 3.8) is 0 Å². The van der Waals surface area contributed by atoms with Crippen molar-refractivity contribution >= 4 is 23.1 Å². The highest BCUT2D eigenvalue weighted by Crippen LogP contribution is 2.30. The Hall–Kier alpha value is -3.80. The smallest absolute Gasteiger partial charge is 0.264 e. The number of carbonyl (C=O) groups excluding carboxylic acids is 2. The van der Waals surface area contributed by atoms with Gasteiger partial charge in [-0.05, 0) is 36.4 Å². The molecule has 1 aliphatic heterocycles. The van der Waals surface area contributed by atoms with Crippen LogP contribution in [0.15, 0.2) is 84.0 Å². The molecule has 0 saturated heterocycles. The van der Waals surface area contributed by atoms with Crippen LogP contribution in [0.2, 0.25) is 0 Å². The first-order valence-corrected chi connectivity index (χ1v) is 9.01. The average molecular weight is 388 g/mol. The van der Waals surface area contributed by atoms with Crippen LogP contribution in [-0.4, -0.2) is 24.5 Å². The summed E-state index contributed by atoms with van der Waals surface area (Å²) in [5.41, 5.74) is 1.20. The molecule has 5 nitrogen and oxygen atoms in total. The Kier molecular flexibility index (Phi) is 4.91. The van der Waals surface area contributed by atoms with Crippen molar-refractivity contribution in [2.24, 2.45) is 11.0 Å². The number of hydrazone groups is 1. The van der Waals surface area contributed by atoms with E-state index in [1.807, 2.05) is 6.07 Å². The zero-order chi connectivity index (χ0) is 20.4. The van der Waals surface area contributed by atoms with E-state index in [4.69, 9.17) is 4.74 Å². The maximum absolute atomic E-state index is 14.3. The number of benzene rings is 3. The fraction of sp³-hybridized carbons (Fsp3) is 0.0870. The fourth-order valence-electron chi connectivity index (χ4n) is 3.27. The van der Waals surface area contributed by atoms with E-state index in [2.05, 4.69) is 5.10 Å². The Bertz CT molecular complexity index is 1110. The molecule has 0 unspecified atom stereocenters. The van der Waals surface area contributed by atoms with E-state index in [-0.39, 0.29) is 11.3 Å². The molecule has 0 bridgehead atoms. The molecular formula is C23H17FN2O3. The number of methoxy groups -OCH3 is 1. The maximum atomic E-state index is 14.3. The number of hydrogen-bond donors (Lipinski definition) is 0. The van der Waals surface area contributed by atoms with Gasteiger partial charge in [-0.15, -0.1) is 0 Å². The second-order valence-corrected chi connectivity index (χ2v) is 6.48. The molecule has 1 atom stereocenters. The largest absolute Gasteiger partial charge is 0.497 e. The highest BCUT2D eigenvalue weighted by molar-refractivity contribution is 6.34. The minimum atomic E-state index is -1.25. The molecule has 1 aliphatic rings. The van der Waals surface area contributed by atoms with Gasteiger partial charge in [-0.1, -0.05) is 42.5 Å². The summed E-state index contributed by atoms with van der Waals surface area (Å²) in [4.78, 5) is 26.4. The first-order valence-electron chi connectivity index (χ1n) is 9.01. The Labute approximate surface area is 167 Å². The Balaban J connectivity index is 1.83. The minimum Gasteiger partial charge on any atom is -0.497 e. The van der Waals surface area contributed by atoms with Gasteiger partial charge in [-0.3, -0.25) is 9.59 Å². The van der Waals surface area contributed by atoms with Gasteiger partial charge in [0.05, 0.1) is 24.1 Å². The van der Waals surface area contributed by atoms with E-state index in [0.29, 0.717) is 17.0 Å². The molecule has 0 aliphatic carbocycles. The normalized spacial score (nSPS) is 15.9. The minimum absolute atomic E-state index is 0.142. The van der Waals surface area contributed by atoms with Crippen molar-refractivity contribution in [1.82, 2.24) is 0 Å². The molecule has 29 heavy (non-hydrogen) atoms. The molecule has 0 saturated carbocycles. The summed E-state index contributed by atoms with van der Waals surface area (Å²) in [6.45, 7) is 0. The van der Waals surface area contributed by atoms with Gasteiger partial charge in [0.1, 0.15) is 17.5 Å². The predicted octanol–water partition coefficient (Wildman–Crippen LogP) is 4.08. The Morgan fingerprint density at radius 3 is 2.45 bits per heavy atom. The molecule has 1 heterocycles. The molecule has 1 amide bonds. The van der Waals surface area contributed by atoms with Crippen molar-refractivity contribution in [3.8, 4) is 5.75 Å². The van der Waals surface area contributed by atoms with Crippen molar-refractivity contribution in [2.45, 2.75) is 0 Å². The van der Waals surface area contributed by atoms with E-state index in [0.717, 1.165) is 0 Å². The molecule has 144 valence electrons. The predicted molar refractivity (Wildman–Crippen MR) is 108 cm³/mol. The third-order valence-corrected chi connectivity index (χ3v) is 4.70. The van der Waals surface area contributed by atoms with E-state index in [1.165, 1.54) is 30.3 Å². The highest BCUT2D eigenvalue weighted by atomic mass is 19.1. The third-order valence-electron chi connectivity index (χ3n) is 4.70. The first kappa shape index (κ1) is 18.6. The number of rotatable bonds is 5. The third kappa shape index (κ3) is 3.40. The quantitative estimate of drug-likeness (QED) is 0.489. The summed E-state index contributed by atoms with van der Waals surface area (Å²) in [5, 5.41) is 5.64. The zero-order valence-electron chi connectivity index (χ0n) is 15.6. The number of nitrogens with zero attached hydrogens (tertiary/aromatic N) is 2. The number of ether oxygens (including phenoxy) is 1. The van der Waals surface area contributed by atoms with E-state index < -0.39 is 23.4 Å². The van der Waals surface area contributed by atoms with E-state index in [1.54, 1.807) is 54.6 Å². The van der Waals surface area contributed by atoms with Crippen LogP contribution in [0.4, 0.5) is 10.1 Å². The summed E-state index contributed by atoms with van der Waals surface area (Å²) in [6, 6.07) is 21.4. The van der Waals surface area contributed by atoms with E-state index >= 15 is 0 Å². The SMILES string of the molecule is COc1cccc(C2=NN(c3ccccc3)C(=O)[C@H]2C(=O)c2ccccc2F)c1. The standard InChI is InChI=1S/C23H17FN2O3/c1-29-17-11-7-8-15(14-17)21-20(22(27)18-12-5-6-13-19(18)24)23(28)26(25-21)16-9-3-2-4-10-16/h2-14,20H,1H3/t20-/m1/s1. The second kappa shape index (κ2) is 7.67. The van der Waals surface area contributed by atoms with Crippen LogP contribution < -0.4 is 9.75 Å². The average Bonchev–Trinajstić information content (AvgIpc) is 3.11. The van der Waals surface area contributed by atoms with Gasteiger partial charge in [0, 0.05) is 5.56 Å². The van der Waals surface area contributed by atoms with Crippen molar-refractivity contribution < 1.29 is 18.7 Å². The summed E-state index contributed by atoms with van der Waals surface area (Å²) < 4.78 is 19.5. The number of ketones is 1. The van der Waals surface area contributed by atoms with Crippen LogP contribution in [0, 0.1) is 11.7 Å². The maximum Gasteiger partial charge on any atom is 0.264 e. The Morgan fingerprint density at radius 1 is 1.00 bits per heavy atom. The molecule has 0 N–H and O–H groups in total. The second-order valence-electron chi connectivity index (χ2n) is 6.48. The van der Waals surface area contributed by atoms with Gasteiger partial charge in [0.25, 0.3) is 5.91 Å². The number of para-hydroxylation sites is 1. The van der Waals surface area contributed by atoms with Crippen LogP contribution in [0.5, 0.6) is 5.75 Å².